The predicted octanol–water partition coefficient (Wildman–Crippen LogP) is 3.56. The Balaban J connectivity index is 2.12. The van der Waals surface area contributed by atoms with Crippen LogP contribution in [-0.2, 0) is 6.54 Å². The van der Waals surface area contributed by atoms with Crippen molar-refractivity contribution in [2.75, 3.05) is 6.54 Å². The van der Waals surface area contributed by atoms with Crippen LogP contribution >= 0.6 is 0 Å². The number of nitrogens with zero attached hydrogens (tertiary/aromatic N) is 2. The summed E-state index contributed by atoms with van der Waals surface area (Å²) in [6.45, 7) is 8.80. The number of hydrogen-bond acceptors (Lipinski definition) is 2. The molecule has 0 spiro atoms. The molecule has 1 aromatic rings. The van der Waals surface area contributed by atoms with Crippen molar-refractivity contribution < 1.29 is 0 Å². The van der Waals surface area contributed by atoms with E-state index in [2.05, 4.69) is 41.9 Å². The highest BCUT2D eigenvalue weighted by atomic mass is 15.3. The Bertz CT molecular complexity index is 370. The fourth-order valence-corrected chi connectivity index (χ4v) is 3.33. The minimum absolute atomic E-state index is 0.583. The molecule has 0 saturated heterocycles. The van der Waals surface area contributed by atoms with Crippen molar-refractivity contribution in [2.45, 2.75) is 71.4 Å². The molecule has 0 aromatic carbocycles. The number of aromatic nitrogens is 2. The Morgan fingerprint density at radius 2 is 2.11 bits per heavy atom. The van der Waals surface area contributed by atoms with E-state index in [-0.39, 0.29) is 0 Å². The maximum absolute atomic E-state index is 4.47. The minimum Gasteiger partial charge on any atom is -0.314 e. The molecular weight excluding hydrogens is 234 g/mol. The van der Waals surface area contributed by atoms with Crippen LogP contribution in [0.2, 0.25) is 0 Å². The van der Waals surface area contributed by atoms with Gasteiger partial charge in [-0.1, -0.05) is 33.1 Å². The lowest BCUT2D eigenvalue weighted by molar-refractivity contribution is 0.347. The molecule has 2 atom stereocenters. The smallest absolute Gasteiger partial charge is 0.0492 e. The van der Waals surface area contributed by atoms with E-state index in [1.165, 1.54) is 37.8 Å². The average molecular weight is 263 g/mol. The third-order valence-electron chi connectivity index (χ3n) is 4.38. The lowest BCUT2D eigenvalue weighted by Gasteiger charge is -2.27. The van der Waals surface area contributed by atoms with Crippen LogP contribution in [0.1, 0.15) is 64.5 Å². The van der Waals surface area contributed by atoms with Gasteiger partial charge in [-0.2, -0.15) is 5.10 Å². The number of nitrogens with one attached hydrogen (secondary N) is 1. The van der Waals surface area contributed by atoms with E-state index < -0.39 is 0 Å². The molecule has 0 bridgehead atoms. The van der Waals surface area contributed by atoms with Crippen molar-refractivity contribution in [2.24, 2.45) is 5.92 Å². The predicted molar refractivity (Wildman–Crippen MR) is 80.4 cm³/mol. The van der Waals surface area contributed by atoms with Crippen LogP contribution in [-0.4, -0.2) is 22.4 Å². The van der Waals surface area contributed by atoms with E-state index in [9.17, 15) is 0 Å². The van der Waals surface area contributed by atoms with Crippen LogP contribution in [0, 0.1) is 5.92 Å². The van der Waals surface area contributed by atoms with E-state index in [1.807, 2.05) is 6.20 Å². The second kappa shape index (κ2) is 7.09. The number of rotatable bonds is 5. The molecule has 0 radical (unpaired) electrons. The second-order valence-electron chi connectivity index (χ2n) is 6.14. The van der Waals surface area contributed by atoms with Gasteiger partial charge in [0.1, 0.15) is 0 Å². The molecule has 3 nitrogen and oxygen atoms in total. The SMILES string of the molecule is CCn1nccc1C1CCCCCC1CNC(C)C. The van der Waals surface area contributed by atoms with Gasteiger partial charge in [0.05, 0.1) is 0 Å². The van der Waals surface area contributed by atoms with E-state index in [1.54, 1.807) is 0 Å². The molecule has 1 heterocycles. The minimum atomic E-state index is 0.583. The summed E-state index contributed by atoms with van der Waals surface area (Å²) < 4.78 is 2.19. The molecule has 19 heavy (non-hydrogen) atoms. The summed E-state index contributed by atoms with van der Waals surface area (Å²) in [4.78, 5) is 0. The normalized spacial score (nSPS) is 24.6. The zero-order valence-corrected chi connectivity index (χ0v) is 12.7. The first kappa shape index (κ1) is 14.6. The van der Waals surface area contributed by atoms with E-state index >= 15 is 0 Å². The van der Waals surface area contributed by atoms with Crippen molar-refractivity contribution in [1.82, 2.24) is 15.1 Å². The van der Waals surface area contributed by atoms with Gasteiger partial charge in [-0.25, -0.2) is 0 Å². The molecule has 1 saturated carbocycles. The Morgan fingerprint density at radius 1 is 1.32 bits per heavy atom. The summed E-state index contributed by atoms with van der Waals surface area (Å²) in [6, 6.07) is 2.82. The topological polar surface area (TPSA) is 29.9 Å². The summed E-state index contributed by atoms with van der Waals surface area (Å²) in [5.74, 6) is 1.46. The highest BCUT2D eigenvalue weighted by Crippen LogP contribution is 2.36. The standard InChI is InChI=1S/C16H29N3/c1-4-19-16(10-11-18-19)15-9-7-5-6-8-14(15)12-17-13(2)3/h10-11,13-15,17H,4-9,12H2,1-3H3. The number of aryl methyl sites for hydroxylation is 1. The summed E-state index contributed by atoms with van der Waals surface area (Å²) in [5.41, 5.74) is 1.46. The van der Waals surface area contributed by atoms with Crippen LogP contribution in [0.4, 0.5) is 0 Å². The maximum atomic E-state index is 4.47. The van der Waals surface area contributed by atoms with E-state index in [4.69, 9.17) is 0 Å². The van der Waals surface area contributed by atoms with Gasteiger partial charge in [0.15, 0.2) is 0 Å². The summed E-state index contributed by atoms with van der Waals surface area (Å²) in [7, 11) is 0. The monoisotopic (exact) mass is 263 g/mol. The lowest BCUT2D eigenvalue weighted by Crippen LogP contribution is -2.32. The highest BCUT2D eigenvalue weighted by molar-refractivity contribution is 5.10. The van der Waals surface area contributed by atoms with Crippen LogP contribution in [0.25, 0.3) is 0 Å². The quantitative estimate of drug-likeness (QED) is 0.823. The molecule has 0 aliphatic heterocycles. The van der Waals surface area contributed by atoms with Gasteiger partial charge < -0.3 is 5.32 Å². The van der Waals surface area contributed by atoms with Crippen LogP contribution in [0.15, 0.2) is 12.3 Å². The van der Waals surface area contributed by atoms with Crippen molar-refractivity contribution in [1.29, 1.82) is 0 Å². The average Bonchev–Trinajstić information content (AvgIpc) is 2.74. The van der Waals surface area contributed by atoms with Crippen molar-refractivity contribution in [3.05, 3.63) is 18.0 Å². The third kappa shape index (κ3) is 3.82. The Hall–Kier alpha value is -0.830. The van der Waals surface area contributed by atoms with Gasteiger partial charge in [-0.15, -0.1) is 0 Å². The molecule has 1 N–H and O–H groups in total. The molecule has 1 aromatic heterocycles. The molecule has 108 valence electrons. The van der Waals surface area contributed by atoms with Crippen LogP contribution in [0.3, 0.4) is 0 Å². The van der Waals surface area contributed by atoms with Gasteiger partial charge >= 0.3 is 0 Å². The van der Waals surface area contributed by atoms with Gasteiger partial charge in [-0.05, 0) is 38.3 Å². The second-order valence-corrected chi connectivity index (χ2v) is 6.14. The van der Waals surface area contributed by atoms with Gasteiger partial charge in [0.2, 0.25) is 0 Å². The molecule has 2 unspecified atom stereocenters. The third-order valence-corrected chi connectivity index (χ3v) is 4.38. The zero-order valence-electron chi connectivity index (χ0n) is 12.7. The number of hydrogen-bond donors (Lipinski definition) is 1. The largest absolute Gasteiger partial charge is 0.314 e. The van der Waals surface area contributed by atoms with Crippen molar-refractivity contribution in [3.63, 3.8) is 0 Å². The maximum Gasteiger partial charge on any atom is 0.0492 e. The summed E-state index contributed by atoms with van der Waals surface area (Å²) in [6.07, 6.45) is 8.82. The molecule has 1 aliphatic carbocycles. The first-order chi connectivity index (χ1) is 9.22. The summed E-state index contributed by atoms with van der Waals surface area (Å²) in [5, 5.41) is 8.11. The molecule has 1 fully saturated rings. The van der Waals surface area contributed by atoms with Crippen LogP contribution in [0.5, 0.6) is 0 Å². The van der Waals surface area contributed by atoms with E-state index in [0.717, 1.165) is 19.0 Å². The Labute approximate surface area is 117 Å². The van der Waals surface area contributed by atoms with Crippen molar-refractivity contribution >= 4 is 0 Å². The van der Waals surface area contributed by atoms with Gasteiger partial charge in [-0.3, -0.25) is 4.68 Å². The van der Waals surface area contributed by atoms with Gasteiger partial charge in [0, 0.05) is 30.4 Å². The van der Waals surface area contributed by atoms with Gasteiger partial charge in [0.25, 0.3) is 0 Å². The lowest BCUT2D eigenvalue weighted by atomic mass is 9.85. The Morgan fingerprint density at radius 3 is 2.84 bits per heavy atom. The first-order valence-corrected chi connectivity index (χ1v) is 7.97. The zero-order chi connectivity index (χ0) is 13.7. The van der Waals surface area contributed by atoms with Crippen molar-refractivity contribution in [3.8, 4) is 0 Å². The fourth-order valence-electron chi connectivity index (χ4n) is 3.33. The molecule has 2 rings (SSSR count). The molecule has 3 heteroatoms. The highest BCUT2D eigenvalue weighted by Gasteiger charge is 2.27. The summed E-state index contributed by atoms with van der Waals surface area (Å²) >= 11 is 0. The Kier molecular flexibility index (Phi) is 5.44. The van der Waals surface area contributed by atoms with E-state index in [0.29, 0.717) is 12.0 Å². The molecular formula is C16H29N3. The van der Waals surface area contributed by atoms with Crippen LogP contribution < -0.4 is 5.32 Å². The first-order valence-electron chi connectivity index (χ1n) is 7.97. The molecule has 1 aliphatic rings. The molecule has 0 amide bonds. The fraction of sp³-hybridized carbons (Fsp3) is 0.812.